The van der Waals surface area contributed by atoms with Crippen LogP contribution in [-0.2, 0) is 14.8 Å². The van der Waals surface area contributed by atoms with Crippen molar-refractivity contribution in [2.45, 2.75) is 24.8 Å². The van der Waals surface area contributed by atoms with Crippen molar-refractivity contribution in [1.29, 1.82) is 0 Å². The first-order valence-electron chi connectivity index (χ1n) is 5.25. The van der Waals surface area contributed by atoms with Crippen LogP contribution >= 0.6 is 15.9 Å². The SMILES string of the molecule is CC(C)[C@H](NS(=O)(=O)c1cccc(Br)c1)C(=O)O. The quantitative estimate of drug-likeness (QED) is 0.859. The third kappa shape index (κ3) is 3.79. The molecule has 0 spiro atoms. The zero-order chi connectivity index (χ0) is 13.9. The van der Waals surface area contributed by atoms with Crippen molar-refractivity contribution in [3.63, 3.8) is 0 Å². The summed E-state index contributed by atoms with van der Waals surface area (Å²) in [6.45, 7) is 3.28. The highest BCUT2D eigenvalue weighted by atomic mass is 79.9. The van der Waals surface area contributed by atoms with Gasteiger partial charge in [-0.3, -0.25) is 4.79 Å². The van der Waals surface area contributed by atoms with Crippen LogP contribution in [-0.4, -0.2) is 25.5 Å². The molecule has 5 nitrogen and oxygen atoms in total. The molecule has 0 unspecified atom stereocenters. The summed E-state index contributed by atoms with van der Waals surface area (Å²) in [6.07, 6.45) is 0. The fourth-order valence-corrected chi connectivity index (χ4v) is 3.27. The van der Waals surface area contributed by atoms with Gasteiger partial charge in [-0.15, -0.1) is 0 Å². The number of hydrogen-bond donors (Lipinski definition) is 2. The third-order valence-corrected chi connectivity index (χ3v) is 4.25. The van der Waals surface area contributed by atoms with Crippen LogP contribution in [0.5, 0.6) is 0 Å². The highest BCUT2D eigenvalue weighted by molar-refractivity contribution is 9.10. The van der Waals surface area contributed by atoms with E-state index >= 15 is 0 Å². The number of halogens is 1. The monoisotopic (exact) mass is 335 g/mol. The largest absolute Gasteiger partial charge is 0.480 e. The summed E-state index contributed by atoms with van der Waals surface area (Å²) in [5.41, 5.74) is 0. The van der Waals surface area contributed by atoms with E-state index in [1.54, 1.807) is 26.0 Å². The van der Waals surface area contributed by atoms with E-state index in [-0.39, 0.29) is 10.8 Å². The first-order valence-corrected chi connectivity index (χ1v) is 7.52. The Morgan fingerprint density at radius 3 is 2.44 bits per heavy atom. The van der Waals surface area contributed by atoms with E-state index < -0.39 is 22.0 Å². The smallest absolute Gasteiger partial charge is 0.322 e. The van der Waals surface area contributed by atoms with Gasteiger partial charge >= 0.3 is 5.97 Å². The predicted octanol–water partition coefficient (Wildman–Crippen LogP) is 1.84. The molecule has 7 heteroatoms. The zero-order valence-corrected chi connectivity index (χ0v) is 12.3. The molecule has 0 fully saturated rings. The molecule has 2 N–H and O–H groups in total. The Hall–Kier alpha value is -0.920. The second-order valence-corrected chi connectivity index (χ2v) is 6.77. The van der Waals surface area contributed by atoms with Gasteiger partial charge in [0.25, 0.3) is 0 Å². The summed E-state index contributed by atoms with van der Waals surface area (Å²) in [6, 6.07) is 4.95. The van der Waals surface area contributed by atoms with Crippen LogP contribution in [0.2, 0.25) is 0 Å². The van der Waals surface area contributed by atoms with E-state index in [0.29, 0.717) is 4.47 Å². The molecule has 0 amide bonds. The van der Waals surface area contributed by atoms with Gasteiger partial charge in [0.05, 0.1) is 4.90 Å². The van der Waals surface area contributed by atoms with E-state index in [1.165, 1.54) is 12.1 Å². The molecule has 0 aliphatic carbocycles. The van der Waals surface area contributed by atoms with Crippen LogP contribution in [0.3, 0.4) is 0 Å². The number of hydrogen-bond acceptors (Lipinski definition) is 3. The lowest BCUT2D eigenvalue weighted by Crippen LogP contribution is -2.44. The number of rotatable bonds is 5. The van der Waals surface area contributed by atoms with Gasteiger partial charge in [-0.1, -0.05) is 35.8 Å². The summed E-state index contributed by atoms with van der Waals surface area (Å²) < 4.78 is 26.8. The number of aliphatic carboxylic acids is 1. The van der Waals surface area contributed by atoms with Crippen molar-refractivity contribution in [2.75, 3.05) is 0 Å². The molecule has 0 heterocycles. The fourth-order valence-electron chi connectivity index (χ4n) is 1.34. The number of nitrogens with one attached hydrogen (secondary N) is 1. The van der Waals surface area contributed by atoms with Crippen molar-refractivity contribution in [3.8, 4) is 0 Å². The van der Waals surface area contributed by atoms with Crippen molar-refractivity contribution in [3.05, 3.63) is 28.7 Å². The Bertz CT molecular complexity index is 542. The maximum absolute atomic E-state index is 12.0. The lowest BCUT2D eigenvalue weighted by molar-refractivity contribution is -0.140. The molecule has 0 radical (unpaired) electrons. The van der Waals surface area contributed by atoms with E-state index in [9.17, 15) is 13.2 Å². The Morgan fingerprint density at radius 1 is 1.39 bits per heavy atom. The molecule has 1 aromatic carbocycles. The third-order valence-electron chi connectivity index (χ3n) is 2.32. The van der Waals surface area contributed by atoms with Crippen LogP contribution in [0, 0.1) is 5.92 Å². The molecule has 1 aromatic rings. The molecule has 0 aliphatic heterocycles. The molecular formula is C11H14BrNO4S. The molecule has 0 aromatic heterocycles. The van der Waals surface area contributed by atoms with Crippen molar-refractivity contribution in [2.24, 2.45) is 5.92 Å². The topological polar surface area (TPSA) is 83.5 Å². The average Bonchev–Trinajstić information content (AvgIpc) is 2.25. The van der Waals surface area contributed by atoms with Gasteiger partial charge in [0.15, 0.2) is 0 Å². The predicted molar refractivity (Wildman–Crippen MR) is 70.7 cm³/mol. The summed E-state index contributed by atoms with van der Waals surface area (Å²) >= 11 is 3.17. The summed E-state index contributed by atoms with van der Waals surface area (Å²) in [7, 11) is -3.83. The molecular weight excluding hydrogens is 322 g/mol. The van der Waals surface area contributed by atoms with Gasteiger partial charge in [-0.2, -0.15) is 4.72 Å². The van der Waals surface area contributed by atoms with Crippen LogP contribution in [0.25, 0.3) is 0 Å². The minimum absolute atomic E-state index is 0.0313. The lowest BCUT2D eigenvalue weighted by atomic mass is 10.1. The molecule has 18 heavy (non-hydrogen) atoms. The van der Waals surface area contributed by atoms with Crippen LogP contribution in [0.15, 0.2) is 33.6 Å². The fraction of sp³-hybridized carbons (Fsp3) is 0.364. The van der Waals surface area contributed by atoms with E-state index in [0.717, 1.165) is 0 Å². The second-order valence-electron chi connectivity index (χ2n) is 4.14. The Balaban J connectivity index is 3.05. The number of carboxylic acid groups (broad SMARTS) is 1. The second kappa shape index (κ2) is 5.81. The highest BCUT2D eigenvalue weighted by Crippen LogP contribution is 2.17. The standard InChI is InChI=1S/C11H14BrNO4S/c1-7(2)10(11(14)15)13-18(16,17)9-5-3-4-8(12)6-9/h3-7,10,13H,1-2H3,(H,14,15)/t10-/m0/s1. The summed E-state index contributed by atoms with van der Waals surface area (Å²) in [4.78, 5) is 11.0. The molecule has 1 atom stereocenters. The maximum Gasteiger partial charge on any atom is 0.322 e. The minimum atomic E-state index is -3.83. The van der Waals surface area contributed by atoms with Gasteiger partial charge in [-0.05, 0) is 24.1 Å². The van der Waals surface area contributed by atoms with E-state index in [4.69, 9.17) is 5.11 Å². The Morgan fingerprint density at radius 2 is 2.00 bits per heavy atom. The molecule has 0 saturated heterocycles. The molecule has 100 valence electrons. The Kier molecular flexibility index (Phi) is 4.89. The first kappa shape index (κ1) is 15.1. The van der Waals surface area contributed by atoms with Crippen LogP contribution in [0.1, 0.15) is 13.8 Å². The molecule has 0 bridgehead atoms. The van der Waals surface area contributed by atoms with Crippen molar-refractivity contribution >= 4 is 31.9 Å². The average molecular weight is 336 g/mol. The molecule has 0 aliphatic rings. The van der Waals surface area contributed by atoms with E-state index in [1.807, 2.05) is 0 Å². The van der Waals surface area contributed by atoms with Crippen molar-refractivity contribution < 1.29 is 18.3 Å². The van der Waals surface area contributed by atoms with Gasteiger partial charge in [0.2, 0.25) is 10.0 Å². The highest BCUT2D eigenvalue weighted by Gasteiger charge is 2.27. The van der Waals surface area contributed by atoms with E-state index in [2.05, 4.69) is 20.7 Å². The maximum atomic E-state index is 12.0. The summed E-state index contributed by atoms with van der Waals surface area (Å²) in [5, 5.41) is 8.97. The number of carbonyl (C=O) groups is 1. The van der Waals surface area contributed by atoms with Gasteiger partial charge in [0.1, 0.15) is 6.04 Å². The number of carboxylic acids is 1. The first-order chi connectivity index (χ1) is 8.24. The Labute approximate surface area is 114 Å². The van der Waals surface area contributed by atoms with Gasteiger partial charge < -0.3 is 5.11 Å². The minimum Gasteiger partial charge on any atom is -0.480 e. The van der Waals surface area contributed by atoms with Gasteiger partial charge in [0, 0.05) is 4.47 Å². The number of benzene rings is 1. The van der Waals surface area contributed by atoms with Crippen molar-refractivity contribution in [1.82, 2.24) is 4.72 Å². The lowest BCUT2D eigenvalue weighted by Gasteiger charge is -2.18. The molecule has 1 rings (SSSR count). The van der Waals surface area contributed by atoms with Crippen LogP contribution < -0.4 is 4.72 Å². The number of sulfonamides is 1. The zero-order valence-electron chi connectivity index (χ0n) is 9.92. The van der Waals surface area contributed by atoms with Crippen LogP contribution in [0.4, 0.5) is 0 Å². The molecule has 0 saturated carbocycles. The van der Waals surface area contributed by atoms with Gasteiger partial charge in [-0.25, -0.2) is 8.42 Å². The summed E-state index contributed by atoms with van der Waals surface area (Å²) in [5.74, 6) is -1.53. The normalized spacial score (nSPS) is 13.6.